The van der Waals surface area contributed by atoms with Crippen LogP contribution in [0.2, 0.25) is 0 Å². The van der Waals surface area contributed by atoms with Gasteiger partial charge in [-0.3, -0.25) is 19.0 Å². The van der Waals surface area contributed by atoms with Crippen LogP contribution in [0.25, 0.3) is 10.2 Å². The Morgan fingerprint density at radius 2 is 2.03 bits per heavy atom. The van der Waals surface area contributed by atoms with Crippen LogP contribution in [0.5, 0.6) is 0 Å². The van der Waals surface area contributed by atoms with Gasteiger partial charge in [0.2, 0.25) is 5.91 Å². The van der Waals surface area contributed by atoms with Crippen LogP contribution in [0, 0.1) is 13.8 Å². The van der Waals surface area contributed by atoms with Crippen molar-refractivity contribution in [1.29, 1.82) is 0 Å². The monoisotopic (exact) mass is 494 g/mol. The van der Waals surface area contributed by atoms with Crippen molar-refractivity contribution in [3.63, 3.8) is 0 Å². The molecule has 3 rings (SSSR count). The van der Waals surface area contributed by atoms with Crippen LogP contribution >= 0.6 is 34.4 Å². The number of thioether (sulfide) groups is 1. The van der Waals surface area contributed by atoms with Crippen molar-refractivity contribution in [2.24, 2.45) is 0 Å². The fourth-order valence-corrected chi connectivity index (χ4v) is 5.65. The Balaban J connectivity index is 1.71. The summed E-state index contributed by atoms with van der Waals surface area (Å²) in [5.74, 6) is -0.501. The molecule has 0 aromatic carbocycles. The molecule has 0 bridgehead atoms. The molecule has 0 atom stereocenters. The van der Waals surface area contributed by atoms with E-state index in [-0.39, 0.29) is 29.6 Å². The smallest absolute Gasteiger partial charge is 0.311 e. The van der Waals surface area contributed by atoms with Crippen LogP contribution < -0.4 is 10.9 Å². The van der Waals surface area contributed by atoms with Gasteiger partial charge >= 0.3 is 5.97 Å². The summed E-state index contributed by atoms with van der Waals surface area (Å²) in [5.41, 5.74) is 1.49. The maximum atomic E-state index is 13.1. The number of anilines is 1. The lowest BCUT2D eigenvalue weighted by Gasteiger charge is -2.11. The van der Waals surface area contributed by atoms with Gasteiger partial charge in [0.15, 0.2) is 10.3 Å². The molecule has 1 N–H and O–H groups in total. The first-order valence-electron chi connectivity index (χ1n) is 10.4. The summed E-state index contributed by atoms with van der Waals surface area (Å²) in [4.78, 5) is 47.9. The molecule has 3 aromatic heterocycles. The minimum absolute atomic E-state index is 0.0447. The number of ether oxygens (including phenoxy) is 1. The molecule has 11 heteroatoms. The Morgan fingerprint density at radius 3 is 2.75 bits per heavy atom. The number of nitrogens with zero attached hydrogens (tertiary/aromatic N) is 3. The Bertz CT molecular complexity index is 1180. The second kappa shape index (κ2) is 11.1. The minimum atomic E-state index is -0.350. The number of thiazole rings is 1. The number of hydrogen-bond donors (Lipinski definition) is 1. The van der Waals surface area contributed by atoms with Gasteiger partial charge in [-0.15, -0.1) is 22.7 Å². The molecule has 32 heavy (non-hydrogen) atoms. The predicted molar refractivity (Wildman–Crippen MR) is 130 cm³/mol. The Kier molecular flexibility index (Phi) is 8.44. The highest BCUT2D eigenvalue weighted by Crippen LogP contribution is 2.28. The van der Waals surface area contributed by atoms with E-state index in [2.05, 4.69) is 17.2 Å². The highest BCUT2D eigenvalue weighted by atomic mass is 32.2. The fourth-order valence-electron chi connectivity index (χ4n) is 3.02. The molecule has 3 aromatic rings. The zero-order valence-electron chi connectivity index (χ0n) is 18.5. The molecule has 0 aliphatic heterocycles. The van der Waals surface area contributed by atoms with Crippen molar-refractivity contribution < 1.29 is 14.3 Å². The predicted octanol–water partition coefficient (Wildman–Crippen LogP) is 4.17. The summed E-state index contributed by atoms with van der Waals surface area (Å²) in [5, 5.41) is 6.12. The number of hydrogen-bond acceptors (Lipinski definition) is 9. The number of aryl methyl sites for hydroxylation is 2. The summed E-state index contributed by atoms with van der Waals surface area (Å²) in [6.45, 7) is 8.64. The molecule has 8 nitrogen and oxygen atoms in total. The third kappa shape index (κ3) is 5.76. The first kappa shape index (κ1) is 24.4. The molecule has 1 amide bonds. The fraction of sp³-hybridized carbons (Fsp3) is 0.476. The zero-order chi connectivity index (χ0) is 23.3. The number of carbonyl (C=O) groups excluding carboxylic acids is 2. The van der Waals surface area contributed by atoms with E-state index in [0.29, 0.717) is 39.4 Å². The SMILES string of the molecule is CCCCn1c(SCC(=O)Nc2nc(CC(=O)OCC)cs2)nc2sc(C)c(C)c2c1=O. The van der Waals surface area contributed by atoms with E-state index in [4.69, 9.17) is 9.72 Å². The average Bonchev–Trinajstić information content (AvgIpc) is 3.29. The second-order valence-corrected chi connectivity index (χ2v) is 10.1. The average molecular weight is 495 g/mol. The van der Waals surface area contributed by atoms with Crippen molar-refractivity contribution in [1.82, 2.24) is 14.5 Å². The van der Waals surface area contributed by atoms with Gasteiger partial charge in [-0.25, -0.2) is 9.97 Å². The normalized spacial score (nSPS) is 11.1. The maximum absolute atomic E-state index is 13.1. The van der Waals surface area contributed by atoms with Gasteiger partial charge in [-0.1, -0.05) is 25.1 Å². The van der Waals surface area contributed by atoms with Gasteiger partial charge in [-0.05, 0) is 32.8 Å². The van der Waals surface area contributed by atoms with E-state index >= 15 is 0 Å². The number of esters is 1. The third-order valence-electron chi connectivity index (χ3n) is 4.75. The summed E-state index contributed by atoms with van der Waals surface area (Å²) in [6, 6.07) is 0. The molecule has 0 radical (unpaired) electrons. The standard InChI is InChI=1S/C21H26N4O4S3/c1-5-7-8-25-19(28)17-12(3)13(4)32-18(17)24-21(25)31-11-15(26)23-20-22-14(10-30-20)9-16(27)29-6-2/h10H,5-9,11H2,1-4H3,(H,22,23,26). The summed E-state index contributed by atoms with van der Waals surface area (Å²) in [7, 11) is 0. The highest BCUT2D eigenvalue weighted by molar-refractivity contribution is 7.99. The topological polar surface area (TPSA) is 103 Å². The lowest BCUT2D eigenvalue weighted by atomic mass is 10.2. The number of aromatic nitrogens is 3. The largest absolute Gasteiger partial charge is 0.466 e. The maximum Gasteiger partial charge on any atom is 0.311 e. The number of nitrogens with one attached hydrogen (secondary N) is 1. The van der Waals surface area contributed by atoms with Gasteiger partial charge in [0.05, 0.1) is 29.9 Å². The number of rotatable bonds is 10. The van der Waals surface area contributed by atoms with E-state index in [1.54, 1.807) is 16.9 Å². The van der Waals surface area contributed by atoms with Gasteiger partial charge in [0.1, 0.15) is 4.83 Å². The molecule has 172 valence electrons. The molecule has 0 aliphatic rings. The van der Waals surface area contributed by atoms with Crippen molar-refractivity contribution in [2.75, 3.05) is 17.7 Å². The third-order valence-corrected chi connectivity index (χ3v) is 7.63. The number of amides is 1. The lowest BCUT2D eigenvalue weighted by Crippen LogP contribution is -2.24. The number of unbranched alkanes of at least 4 members (excludes halogenated alkanes) is 1. The van der Waals surface area contributed by atoms with Crippen molar-refractivity contribution >= 4 is 61.7 Å². The Labute approximate surface area is 198 Å². The van der Waals surface area contributed by atoms with E-state index < -0.39 is 0 Å². The van der Waals surface area contributed by atoms with Crippen molar-refractivity contribution in [2.45, 2.75) is 58.7 Å². The Hall–Kier alpha value is -2.24. The number of fused-ring (bicyclic) bond motifs is 1. The van der Waals surface area contributed by atoms with E-state index in [9.17, 15) is 14.4 Å². The zero-order valence-corrected chi connectivity index (χ0v) is 21.0. The summed E-state index contributed by atoms with van der Waals surface area (Å²) < 4.78 is 6.60. The molecule has 3 heterocycles. The first-order valence-corrected chi connectivity index (χ1v) is 13.0. The van der Waals surface area contributed by atoms with Gasteiger partial charge in [0, 0.05) is 16.8 Å². The minimum Gasteiger partial charge on any atom is -0.466 e. The number of thiophene rings is 1. The summed E-state index contributed by atoms with van der Waals surface area (Å²) >= 11 is 4.00. The summed E-state index contributed by atoms with van der Waals surface area (Å²) in [6.07, 6.45) is 1.88. The van der Waals surface area contributed by atoms with E-state index in [0.717, 1.165) is 23.3 Å². The molecular weight excluding hydrogens is 468 g/mol. The first-order chi connectivity index (χ1) is 15.3. The quantitative estimate of drug-likeness (QED) is 0.256. The molecule has 0 saturated heterocycles. The van der Waals surface area contributed by atoms with E-state index in [1.807, 2.05) is 13.8 Å². The van der Waals surface area contributed by atoms with Crippen molar-refractivity contribution in [3.8, 4) is 0 Å². The van der Waals surface area contributed by atoms with Crippen molar-refractivity contribution in [3.05, 3.63) is 31.9 Å². The lowest BCUT2D eigenvalue weighted by molar-refractivity contribution is -0.142. The van der Waals surface area contributed by atoms with Gasteiger partial charge < -0.3 is 10.1 Å². The van der Waals surface area contributed by atoms with Crippen LogP contribution in [0.15, 0.2) is 15.3 Å². The molecule has 0 saturated carbocycles. The van der Waals surface area contributed by atoms with Crippen LogP contribution in [-0.2, 0) is 27.3 Å². The van der Waals surface area contributed by atoms with E-state index in [1.165, 1.54) is 34.4 Å². The Morgan fingerprint density at radius 1 is 1.25 bits per heavy atom. The van der Waals surface area contributed by atoms with Crippen LogP contribution in [-0.4, -0.2) is 38.8 Å². The molecule has 0 fully saturated rings. The highest BCUT2D eigenvalue weighted by Gasteiger charge is 2.18. The number of carbonyl (C=O) groups is 2. The molecular formula is C21H26N4O4S3. The van der Waals surface area contributed by atoms with Gasteiger partial charge in [-0.2, -0.15) is 0 Å². The molecule has 0 aliphatic carbocycles. The van der Waals surface area contributed by atoms with Gasteiger partial charge in [0.25, 0.3) is 5.56 Å². The molecule has 0 unspecified atom stereocenters. The van der Waals surface area contributed by atoms with Crippen LogP contribution in [0.4, 0.5) is 5.13 Å². The second-order valence-electron chi connectivity index (χ2n) is 7.13. The molecule has 0 spiro atoms. The van der Waals surface area contributed by atoms with Crippen LogP contribution in [0.1, 0.15) is 42.8 Å². The van der Waals surface area contributed by atoms with Crippen LogP contribution in [0.3, 0.4) is 0 Å².